The fourth-order valence-electron chi connectivity index (χ4n) is 1.07. The highest BCUT2D eigenvalue weighted by atomic mass is 16.4. The number of anilines is 1. The van der Waals surface area contributed by atoms with Gasteiger partial charge in [0.05, 0.1) is 11.9 Å². The van der Waals surface area contributed by atoms with Gasteiger partial charge in [-0.05, 0) is 6.07 Å². The van der Waals surface area contributed by atoms with Crippen LogP contribution in [0.5, 0.6) is 0 Å². The van der Waals surface area contributed by atoms with Gasteiger partial charge in [-0.3, -0.25) is 0 Å². The minimum absolute atomic E-state index is 0.0432. The molecule has 2 rings (SSSR count). The fourth-order valence-corrected chi connectivity index (χ4v) is 1.07. The standard InChI is InChI=1S/C7H6N4O2/c8-4-3-10-11-5(7(12)13)1-2-9-6(4)11/h1-3H,8H2,(H,12,13). The first kappa shape index (κ1) is 7.53. The summed E-state index contributed by atoms with van der Waals surface area (Å²) >= 11 is 0. The van der Waals surface area contributed by atoms with Crippen LogP contribution in [0.1, 0.15) is 10.5 Å². The van der Waals surface area contributed by atoms with Gasteiger partial charge < -0.3 is 10.8 Å². The molecular weight excluding hydrogens is 172 g/mol. The van der Waals surface area contributed by atoms with Gasteiger partial charge in [-0.2, -0.15) is 5.10 Å². The molecule has 0 aromatic carbocycles. The molecule has 0 saturated heterocycles. The van der Waals surface area contributed by atoms with Crippen LogP contribution in [0.15, 0.2) is 18.5 Å². The van der Waals surface area contributed by atoms with Crippen molar-refractivity contribution >= 4 is 17.3 Å². The molecule has 2 heterocycles. The van der Waals surface area contributed by atoms with Crippen LogP contribution in [0.4, 0.5) is 5.69 Å². The highest BCUT2D eigenvalue weighted by Gasteiger charge is 2.10. The van der Waals surface area contributed by atoms with Crippen LogP contribution < -0.4 is 5.73 Å². The summed E-state index contributed by atoms with van der Waals surface area (Å²) in [4.78, 5) is 14.6. The van der Waals surface area contributed by atoms with Crippen LogP contribution in [0, 0.1) is 0 Å². The number of hydrogen-bond donors (Lipinski definition) is 2. The Kier molecular flexibility index (Phi) is 1.42. The van der Waals surface area contributed by atoms with Crippen molar-refractivity contribution < 1.29 is 9.90 Å². The van der Waals surface area contributed by atoms with Crippen LogP contribution in [-0.2, 0) is 0 Å². The van der Waals surface area contributed by atoms with E-state index in [0.29, 0.717) is 11.3 Å². The van der Waals surface area contributed by atoms with Crippen molar-refractivity contribution in [3.05, 3.63) is 24.2 Å². The molecule has 2 aromatic rings. The van der Waals surface area contributed by atoms with E-state index in [4.69, 9.17) is 10.8 Å². The van der Waals surface area contributed by atoms with Gasteiger partial charge in [0.2, 0.25) is 0 Å². The Morgan fingerprint density at radius 3 is 3.08 bits per heavy atom. The number of nitrogen functional groups attached to an aromatic ring is 1. The second-order valence-corrected chi connectivity index (χ2v) is 2.47. The molecule has 0 fully saturated rings. The third-order valence-corrected chi connectivity index (χ3v) is 1.65. The number of hydrogen-bond acceptors (Lipinski definition) is 4. The zero-order valence-corrected chi connectivity index (χ0v) is 6.51. The number of carboxylic acids is 1. The predicted octanol–water partition coefficient (Wildman–Crippen LogP) is 0.00970. The van der Waals surface area contributed by atoms with Crippen molar-refractivity contribution in [2.45, 2.75) is 0 Å². The lowest BCUT2D eigenvalue weighted by Crippen LogP contribution is -2.06. The molecule has 0 aliphatic heterocycles. The first-order valence-electron chi connectivity index (χ1n) is 3.51. The average molecular weight is 178 g/mol. The Balaban J connectivity index is 2.84. The summed E-state index contributed by atoms with van der Waals surface area (Å²) in [6, 6.07) is 1.36. The highest BCUT2D eigenvalue weighted by molar-refractivity contribution is 5.86. The minimum atomic E-state index is -1.06. The second-order valence-electron chi connectivity index (χ2n) is 2.47. The first-order valence-corrected chi connectivity index (χ1v) is 3.51. The smallest absolute Gasteiger partial charge is 0.354 e. The molecule has 66 valence electrons. The van der Waals surface area contributed by atoms with Crippen molar-refractivity contribution in [1.82, 2.24) is 14.6 Å². The zero-order valence-electron chi connectivity index (χ0n) is 6.51. The fraction of sp³-hybridized carbons (Fsp3) is 0. The lowest BCUT2D eigenvalue weighted by molar-refractivity contribution is 0.0687. The summed E-state index contributed by atoms with van der Waals surface area (Å²) < 4.78 is 1.19. The third-order valence-electron chi connectivity index (χ3n) is 1.65. The molecule has 0 radical (unpaired) electrons. The van der Waals surface area contributed by atoms with E-state index >= 15 is 0 Å². The van der Waals surface area contributed by atoms with Gasteiger partial charge in [0, 0.05) is 6.20 Å². The van der Waals surface area contributed by atoms with Crippen molar-refractivity contribution in [1.29, 1.82) is 0 Å². The summed E-state index contributed by atoms with van der Waals surface area (Å²) in [5.74, 6) is -1.06. The average Bonchev–Trinajstić information content (AvgIpc) is 2.48. The molecule has 3 N–H and O–H groups in total. The second kappa shape index (κ2) is 2.44. The molecule has 0 unspecified atom stereocenters. The predicted molar refractivity (Wildman–Crippen MR) is 44.4 cm³/mol. The Labute approximate surface area is 72.6 Å². The van der Waals surface area contributed by atoms with E-state index in [1.54, 1.807) is 0 Å². The molecule has 6 nitrogen and oxygen atoms in total. The topological polar surface area (TPSA) is 93.5 Å². The van der Waals surface area contributed by atoms with Crippen molar-refractivity contribution in [3.8, 4) is 0 Å². The van der Waals surface area contributed by atoms with Crippen LogP contribution in [0.2, 0.25) is 0 Å². The molecular formula is C7H6N4O2. The number of carbonyl (C=O) groups is 1. The quantitative estimate of drug-likeness (QED) is 0.641. The summed E-state index contributed by atoms with van der Waals surface area (Å²) in [7, 11) is 0. The molecule has 0 amide bonds. The molecule has 0 aliphatic carbocycles. The van der Waals surface area contributed by atoms with E-state index < -0.39 is 5.97 Å². The lowest BCUT2D eigenvalue weighted by atomic mass is 10.4. The number of rotatable bonds is 1. The van der Waals surface area contributed by atoms with Gasteiger partial charge in [-0.1, -0.05) is 0 Å². The zero-order chi connectivity index (χ0) is 9.42. The Morgan fingerprint density at radius 2 is 2.38 bits per heavy atom. The molecule has 0 aliphatic rings. The third kappa shape index (κ3) is 0.994. The maximum absolute atomic E-state index is 10.7. The summed E-state index contributed by atoms with van der Waals surface area (Å²) in [5.41, 5.74) is 6.27. The van der Waals surface area contributed by atoms with Gasteiger partial charge in [0.1, 0.15) is 0 Å². The number of carboxylic acid groups (broad SMARTS) is 1. The molecule has 0 spiro atoms. The highest BCUT2D eigenvalue weighted by Crippen LogP contribution is 2.10. The number of aromatic carboxylic acids is 1. The van der Waals surface area contributed by atoms with Gasteiger partial charge in [-0.15, -0.1) is 0 Å². The van der Waals surface area contributed by atoms with Crippen molar-refractivity contribution in [2.75, 3.05) is 5.73 Å². The van der Waals surface area contributed by atoms with Crippen molar-refractivity contribution in [2.24, 2.45) is 0 Å². The lowest BCUT2D eigenvalue weighted by Gasteiger charge is -1.97. The maximum atomic E-state index is 10.7. The molecule has 0 saturated carbocycles. The Bertz CT molecular complexity index is 476. The monoisotopic (exact) mass is 178 g/mol. The number of nitrogens with two attached hydrogens (primary N) is 1. The van der Waals surface area contributed by atoms with Crippen LogP contribution in [-0.4, -0.2) is 25.7 Å². The summed E-state index contributed by atoms with van der Waals surface area (Å²) in [6.45, 7) is 0. The maximum Gasteiger partial charge on any atom is 0.354 e. The first-order chi connectivity index (χ1) is 6.20. The van der Waals surface area contributed by atoms with Crippen LogP contribution in [0.25, 0.3) is 5.65 Å². The van der Waals surface area contributed by atoms with E-state index in [-0.39, 0.29) is 5.69 Å². The van der Waals surface area contributed by atoms with E-state index in [2.05, 4.69) is 10.1 Å². The van der Waals surface area contributed by atoms with E-state index in [0.717, 1.165) is 0 Å². The van der Waals surface area contributed by atoms with Gasteiger partial charge >= 0.3 is 5.97 Å². The number of fused-ring (bicyclic) bond motifs is 1. The van der Waals surface area contributed by atoms with Gasteiger partial charge in [0.25, 0.3) is 0 Å². The molecule has 0 atom stereocenters. The number of nitrogens with zero attached hydrogens (tertiary/aromatic N) is 3. The molecule has 6 heteroatoms. The molecule has 13 heavy (non-hydrogen) atoms. The van der Waals surface area contributed by atoms with Gasteiger partial charge in [-0.25, -0.2) is 14.3 Å². The van der Waals surface area contributed by atoms with E-state index in [9.17, 15) is 4.79 Å². The largest absolute Gasteiger partial charge is 0.477 e. The van der Waals surface area contributed by atoms with Crippen LogP contribution >= 0.6 is 0 Å². The SMILES string of the molecule is Nc1cnn2c(C(=O)O)ccnc12. The van der Waals surface area contributed by atoms with E-state index in [1.165, 1.54) is 23.0 Å². The minimum Gasteiger partial charge on any atom is -0.477 e. The van der Waals surface area contributed by atoms with Crippen molar-refractivity contribution in [3.63, 3.8) is 0 Å². The molecule has 0 bridgehead atoms. The van der Waals surface area contributed by atoms with Crippen LogP contribution in [0.3, 0.4) is 0 Å². The molecule has 2 aromatic heterocycles. The summed E-state index contributed by atoms with van der Waals surface area (Å²) in [6.07, 6.45) is 2.76. The number of aromatic nitrogens is 3. The normalized spacial score (nSPS) is 10.5. The Hall–Kier alpha value is -2.11. The van der Waals surface area contributed by atoms with E-state index in [1.807, 2.05) is 0 Å². The summed E-state index contributed by atoms with van der Waals surface area (Å²) in [5, 5.41) is 12.6. The Morgan fingerprint density at radius 1 is 1.62 bits per heavy atom. The van der Waals surface area contributed by atoms with Gasteiger partial charge in [0.15, 0.2) is 11.3 Å².